The number of nitrogens with zero attached hydrogens (tertiary/aromatic N) is 2. The summed E-state index contributed by atoms with van der Waals surface area (Å²) < 4.78 is 0.778. The van der Waals surface area contributed by atoms with Crippen molar-refractivity contribution < 1.29 is 0 Å². The molecule has 1 aromatic heterocycles. The number of aliphatic imine (C=N–C) groups is 1. The van der Waals surface area contributed by atoms with E-state index in [1.54, 1.807) is 6.20 Å². The molecule has 72 valence electrons. The molecular formula is C10H10BrN3. The molecule has 0 spiro atoms. The van der Waals surface area contributed by atoms with Gasteiger partial charge in [0, 0.05) is 18.2 Å². The predicted octanol–water partition coefficient (Wildman–Crippen LogP) is 2.64. The maximum atomic E-state index is 5.76. The number of hydrogen-bond acceptors (Lipinski definition) is 3. The number of pyridine rings is 1. The van der Waals surface area contributed by atoms with Crippen molar-refractivity contribution >= 4 is 33.5 Å². The lowest BCUT2D eigenvalue weighted by atomic mass is 10.1. The fraction of sp³-hybridized carbons (Fsp3) is 0.200. The molecule has 1 aliphatic heterocycles. The molecule has 0 saturated heterocycles. The van der Waals surface area contributed by atoms with Crippen molar-refractivity contribution in [2.24, 2.45) is 10.7 Å². The van der Waals surface area contributed by atoms with Crippen LogP contribution in [0.3, 0.4) is 0 Å². The first-order valence-corrected chi connectivity index (χ1v) is 5.10. The van der Waals surface area contributed by atoms with Crippen LogP contribution in [-0.4, -0.2) is 10.8 Å². The molecule has 3 nitrogen and oxygen atoms in total. The second-order valence-electron chi connectivity index (χ2n) is 3.34. The highest BCUT2D eigenvalue weighted by atomic mass is 79.9. The van der Waals surface area contributed by atoms with Gasteiger partial charge in [-0.25, -0.2) is 9.98 Å². The van der Waals surface area contributed by atoms with Crippen LogP contribution in [0.5, 0.6) is 0 Å². The Kier molecular flexibility index (Phi) is 2.37. The maximum Gasteiger partial charge on any atom is 0.108 e. The van der Waals surface area contributed by atoms with Crippen molar-refractivity contribution in [1.82, 2.24) is 4.98 Å². The highest BCUT2D eigenvalue weighted by Gasteiger charge is 2.07. The number of hydrogen-bond donors (Lipinski definition) is 1. The molecule has 4 heteroatoms. The minimum atomic E-state index is 0.649. The van der Waals surface area contributed by atoms with Gasteiger partial charge in [-0.3, -0.25) is 0 Å². The van der Waals surface area contributed by atoms with E-state index in [4.69, 9.17) is 5.73 Å². The van der Waals surface area contributed by atoms with Gasteiger partial charge in [0.15, 0.2) is 0 Å². The van der Waals surface area contributed by atoms with Gasteiger partial charge in [0.2, 0.25) is 0 Å². The van der Waals surface area contributed by atoms with E-state index < -0.39 is 0 Å². The predicted molar refractivity (Wildman–Crippen MR) is 61.5 cm³/mol. The first-order valence-electron chi connectivity index (χ1n) is 4.31. The topological polar surface area (TPSA) is 51.3 Å². The Labute approximate surface area is 90.9 Å². The zero-order valence-corrected chi connectivity index (χ0v) is 9.37. The quantitative estimate of drug-likeness (QED) is 0.721. The van der Waals surface area contributed by atoms with Gasteiger partial charge in [-0.2, -0.15) is 0 Å². The Hall–Kier alpha value is -1.16. The molecule has 1 aliphatic rings. The number of halogens is 1. The van der Waals surface area contributed by atoms with E-state index in [-0.39, 0.29) is 0 Å². The molecule has 0 saturated carbocycles. The third kappa shape index (κ3) is 1.85. The van der Waals surface area contributed by atoms with Crippen LogP contribution in [0.1, 0.15) is 18.9 Å². The van der Waals surface area contributed by atoms with E-state index in [1.165, 1.54) is 5.57 Å². The van der Waals surface area contributed by atoms with E-state index in [0.29, 0.717) is 5.84 Å². The molecule has 0 fully saturated rings. The van der Waals surface area contributed by atoms with E-state index in [0.717, 1.165) is 22.3 Å². The molecule has 0 atom stereocenters. The standard InChI is InChI=1S/C10H10BrN3/c1-6-2-7-5-13-9(11)4-8(7)14-10(12)3-6/h2,4-5H,3H2,1H3,(H2,12,14). The molecule has 0 radical (unpaired) electrons. The summed E-state index contributed by atoms with van der Waals surface area (Å²) in [7, 11) is 0. The molecule has 0 aliphatic carbocycles. The Bertz CT molecular complexity index is 435. The van der Waals surface area contributed by atoms with Crippen LogP contribution in [0.2, 0.25) is 0 Å². The summed E-state index contributed by atoms with van der Waals surface area (Å²) in [6.45, 7) is 2.04. The van der Waals surface area contributed by atoms with Crippen LogP contribution < -0.4 is 5.73 Å². The van der Waals surface area contributed by atoms with Crippen molar-refractivity contribution in [1.29, 1.82) is 0 Å². The van der Waals surface area contributed by atoms with Crippen LogP contribution in [0.4, 0.5) is 5.69 Å². The van der Waals surface area contributed by atoms with E-state index >= 15 is 0 Å². The summed E-state index contributed by atoms with van der Waals surface area (Å²) in [6, 6.07) is 1.87. The Morgan fingerprint density at radius 2 is 2.29 bits per heavy atom. The van der Waals surface area contributed by atoms with Gasteiger partial charge in [0.05, 0.1) is 5.69 Å². The fourth-order valence-electron chi connectivity index (χ4n) is 1.44. The van der Waals surface area contributed by atoms with Crippen molar-refractivity contribution in [3.05, 3.63) is 28.0 Å². The maximum absolute atomic E-state index is 5.76. The Morgan fingerprint density at radius 1 is 1.50 bits per heavy atom. The lowest BCUT2D eigenvalue weighted by Gasteiger charge is -1.99. The highest BCUT2D eigenvalue weighted by Crippen LogP contribution is 2.27. The molecule has 2 rings (SSSR count). The minimum Gasteiger partial charge on any atom is -0.387 e. The number of fused-ring (bicyclic) bond motifs is 1. The largest absolute Gasteiger partial charge is 0.387 e. The van der Waals surface area contributed by atoms with Crippen LogP contribution >= 0.6 is 15.9 Å². The zero-order valence-electron chi connectivity index (χ0n) is 7.79. The number of rotatable bonds is 0. The van der Waals surface area contributed by atoms with Gasteiger partial charge in [0.1, 0.15) is 10.4 Å². The lowest BCUT2D eigenvalue weighted by Crippen LogP contribution is -2.10. The lowest BCUT2D eigenvalue weighted by molar-refractivity contribution is 1.25. The summed E-state index contributed by atoms with van der Waals surface area (Å²) in [5, 5.41) is 0. The Balaban J connectivity index is 2.61. The average Bonchev–Trinajstić information content (AvgIpc) is 2.21. The second-order valence-corrected chi connectivity index (χ2v) is 4.15. The van der Waals surface area contributed by atoms with E-state index in [9.17, 15) is 0 Å². The first-order chi connectivity index (χ1) is 6.65. The van der Waals surface area contributed by atoms with Gasteiger partial charge < -0.3 is 5.73 Å². The van der Waals surface area contributed by atoms with Crippen LogP contribution in [0, 0.1) is 0 Å². The average molecular weight is 252 g/mol. The van der Waals surface area contributed by atoms with Crippen LogP contribution in [0.15, 0.2) is 27.4 Å². The van der Waals surface area contributed by atoms with Gasteiger partial charge >= 0.3 is 0 Å². The summed E-state index contributed by atoms with van der Waals surface area (Å²) in [4.78, 5) is 8.48. The monoisotopic (exact) mass is 251 g/mol. The molecule has 1 aromatic rings. The fourth-order valence-corrected chi connectivity index (χ4v) is 1.75. The molecule has 0 amide bonds. The van der Waals surface area contributed by atoms with Gasteiger partial charge in [-0.05, 0) is 28.9 Å². The number of amidine groups is 1. The Morgan fingerprint density at radius 3 is 3.07 bits per heavy atom. The van der Waals surface area contributed by atoms with Crippen molar-refractivity contribution in [2.45, 2.75) is 13.3 Å². The van der Waals surface area contributed by atoms with E-state index in [2.05, 4.69) is 32.0 Å². The second kappa shape index (κ2) is 3.53. The summed E-state index contributed by atoms with van der Waals surface area (Å²) >= 11 is 3.31. The van der Waals surface area contributed by atoms with Crippen molar-refractivity contribution in [3.8, 4) is 0 Å². The molecule has 0 unspecified atom stereocenters. The third-order valence-corrected chi connectivity index (χ3v) is 2.44. The third-order valence-electron chi connectivity index (χ3n) is 2.00. The number of aromatic nitrogens is 1. The van der Waals surface area contributed by atoms with Gasteiger partial charge in [-0.1, -0.05) is 11.6 Å². The molecular weight excluding hydrogens is 242 g/mol. The highest BCUT2D eigenvalue weighted by molar-refractivity contribution is 9.10. The first kappa shape index (κ1) is 9.40. The summed E-state index contributed by atoms with van der Waals surface area (Å²) in [5.74, 6) is 0.649. The van der Waals surface area contributed by atoms with Crippen LogP contribution in [0.25, 0.3) is 6.08 Å². The van der Waals surface area contributed by atoms with Crippen molar-refractivity contribution in [3.63, 3.8) is 0 Å². The van der Waals surface area contributed by atoms with E-state index in [1.807, 2.05) is 13.0 Å². The normalized spacial score (nSPS) is 15.3. The smallest absolute Gasteiger partial charge is 0.108 e. The summed E-state index contributed by atoms with van der Waals surface area (Å²) in [6.07, 6.45) is 4.59. The van der Waals surface area contributed by atoms with Crippen LogP contribution in [-0.2, 0) is 0 Å². The molecule has 2 N–H and O–H groups in total. The molecule has 0 aromatic carbocycles. The van der Waals surface area contributed by atoms with Crippen molar-refractivity contribution in [2.75, 3.05) is 0 Å². The van der Waals surface area contributed by atoms with Gasteiger partial charge in [0.25, 0.3) is 0 Å². The minimum absolute atomic E-state index is 0.649. The zero-order chi connectivity index (χ0) is 10.1. The summed E-state index contributed by atoms with van der Waals surface area (Å²) in [5.41, 5.74) is 8.86. The van der Waals surface area contributed by atoms with Gasteiger partial charge in [-0.15, -0.1) is 0 Å². The molecule has 2 heterocycles. The SMILES string of the molecule is CC1=Cc2cnc(Br)cc2N=C(N)C1. The molecule has 0 bridgehead atoms. The number of nitrogens with two attached hydrogens (primary N) is 1. The molecule has 14 heavy (non-hydrogen) atoms.